The minimum absolute atomic E-state index is 0.240. The Morgan fingerprint density at radius 1 is 1.29 bits per heavy atom. The molecule has 1 aliphatic rings. The topological polar surface area (TPSA) is 113 Å². The fourth-order valence-corrected chi connectivity index (χ4v) is 3.82. The molecule has 7 nitrogen and oxygen atoms in total. The van der Waals surface area contributed by atoms with Crippen molar-refractivity contribution in [1.29, 1.82) is 0 Å². The highest BCUT2D eigenvalue weighted by Crippen LogP contribution is 2.37. The van der Waals surface area contributed by atoms with Gasteiger partial charge in [-0.15, -0.1) is 0 Å². The molecule has 4 rings (SSSR count). The molecular formula is C23H24FN5O2. The Kier molecular flexibility index (Phi) is 5.46. The zero-order chi connectivity index (χ0) is 22.1. The van der Waals surface area contributed by atoms with E-state index in [4.69, 9.17) is 20.7 Å². The molecule has 0 saturated carbocycles. The van der Waals surface area contributed by atoms with Gasteiger partial charge in [0.05, 0.1) is 5.69 Å². The van der Waals surface area contributed by atoms with Crippen molar-refractivity contribution in [3.8, 4) is 16.9 Å². The monoisotopic (exact) mass is 421 g/mol. The van der Waals surface area contributed by atoms with Gasteiger partial charge in [0.25, 0.3) is 0 Å². The zero-order valence-corrected chi connectivity index (χ0v) is 17.6. The SMILES string of the molecule is CCc1noc2c1-c1cnc(N)c(c1)OC(C)c1cc(F)ccc1C(N)=C(C=NC)C2. The lowest BCUT2D eigenvalue weighted by atomic mass is 9.94. The second kappa shape index (κ2) is 8.22. The maximum atomic E-state index is 14.1. The first kappa shape index (κ1) is 20.6. The number of rotatable bonds is 2. The Bertz CT molecular complexity index is 1200. The number of anilines is 1. The third-order valence-electron chi connectivity index (χ3n) is 5.37. The van der Waals surface area contributed by atoms with Gasteiger partial charge in [-0.05, 0) is 37.6 Å². The van der Waals surface area contributed by atoms with E-state index < -0.39 is 6.10 Å². The molecule has 0 radical (unpaired) electrons. The molecule has 2 bridgehead atoms. The number of nitrogens with zero attached hydrogens (tertiary/aromatic N) is 3. The summed E-state index contributed by atoms with van der Waals surface area (Å²) in [5.41, 5.74) is 17.5. The molecule has 1 aliphatic heterocycles. The van der Waals surface area contributed by atoms with Gasteiger partial charge in [0.1, 0.15) is 17.7 Å². The number of aliphatic imine (C=N–C) groups is 1. The van der Waals surface area contributed by atoms with Crippen LogP contribution in [0.2, 0.25) is 0 Å². The van der Waals surface area contributed by atoms with Gasteiger partial charge in [0.2, 0.25) is 0 Å². The molecule has 0 aliphatic carbocycles. The quantitative estimate of drug-likeness (QED) is 0.603. The summed E-state index contributed by atoms with van der Waals surface area (Å²) in [6, 6.07) is 6.25. The number of nitrogen functional groups attached to an aromatic ring is 1. The Labute approximate surface area is 179 Å². The van der Waals surface area contributed by atoms with Gasteiger partial charge in [0, 0.05) is 59.4 Å². The average molecular weight is 421 g/mol. The summed E-state index contributed by atoms with van der Waals surface area (Å²) in [6.07, 6.45) is 3.85. The highest BCUT2D eigenvalue weighted by atomic mass is 19.1. The Hall–Kier alpha value is -3.68. The molecule has 160 valence electrons. The molecule has 1 atom stereocenters. The maximum absolute atomic E-state index is 14.1. The van der Waals surface area contributed by atoms with Gasteiger partial charge in [-0.25, -0.2) is 9.37 Å². The zero-order valence-electron chi connectivity index (χ0n) is 17.6. The van der Waals surface area contributed by atoms with E-state index in [2.05, 4.69) is 15.1 Å². The summed E-state index contributed by atoms with van der Waals surface area (Å²) >= 11 is 0. The highest BCUT2D eigenvalue weighted by Gasteiger charge is 2.24. The number of aryl methyl sites for hydroxylation is 1. The second-order valence-electron chi connectivity index (χ2n) is 7.38. The Morgan fingerprint density at radius 2 is 2.10 bits per heavy atom. The molecule has 8 heteroatoms. The molecule has 3 heterocycles. The van der Waals surface area contributed by atoms with Gasteiger partial charge in [-0.3, -0.25) is 4.99 Å². The lowest BCUT2D eigenvalue weighted by Gasteiger charge is -2.21. The fourth-order valence-electron chi connectivity index (χ4n) is 3.82. The molecule has 2 aromatic heterocycles. The summed E-state index contributed by atoms with van der Waals surface area (Å²) < 4.78 is 26.0. The number of allylic oxidation sites excluding steroid dienone is 1. The number of fused-ring (bicyclic) bond motifs is 5. The molecule has 31 heavy (non-hydrogen) atoms. The van der Waals surface area contributed by atoms with E-state index in [1.807, 2.05) is 19.9 Å². The van der Waals surface area contributed by atoms with Crippen LogP contribution in [0.5, 0.6) is 5.75 Å². The van der Waals surface area contributed by atoms with Crippen molar-refractivity contribution in [2.24, 2.45) is 10.7 Å². The summed E-state index contributed by atoms with van der Waals surface area (Å²) in [6.45, 7) is 3.82. The molecule has 3 aromatic rings. The Balaban J connectivity index is 2.03. The highest BCUT2D eigenvalue weighted by molar-refractivity contribution is 5.91. The first-order valence-corrected chi connectivity index (χ1v) is 10.0. The number of nitrogens with two attached hydrogens (primary N) is 2. The molecule has 0 saturated heterocycles. The van der Waals surface area contributed by atoms with E-state index in [1.165, 1.54) is 12.1 Å². The van der Waals surface area contributed by atoms with Crippen LogP contribution in [0.1, 0.15) is 42.5 Å². The van der Waals surface area contributed by atoms with Crippen molar-refractivity contribution in [3.05, 3.63) is 64.4 Å². The molecule has 0 amide bonds. The van der Waals surface area contributed by atoms with E-state index in [0.717, 1.165) is 22.4 Å². The Morgan fingerprint density at radius 3 is 2.84 bits per heavy atom. The van der Waals surface area contributed by atoms with Crippen LogP contribution in [0.3, 0.4) is 0 Å². The maximum Gasteiger partial charge on any atom is 0.166 e. The van der Waals surface area contributed by atoms with E-state index in [1.54, 1.807) is 25.5 Å². The van der Waals surface area contributed by atoms with Crippen LogP contribution < -0.4 is 16.2 Å². The van der Waals surface area contributed by atoms with Crippen LogP contribution in [-0.4, -0.2) is 23.4 Å². The van der Waals surface area contributed by atoms with Crippen LogP contribution in [-0.2, 0) is 12.8 Å². The number of halogens is 1. The second-order valence-corrected chi connectivity index (χ2v) is 7.38. The first-order chi connectivity index (χ1) is 14.9. The van der Waals surface area contributed by atoms with Crippen LogP contribution in [0.4, 0.5) is 10.2 Å². The van der Waals surface area contributed by atoms with Crippen LogP contribution in [0.25, 0.3) is 16.8 Å². The van der Waals surface area contributed by atoms with Crippen molar-refractivity contribution in [2.75, 3.05) is 12.8 Å². The molecule has 1 aromatic carbocycles. The van der Waals surface area contributed by atoms with Crippen molar-refractivity contribution < 1.29 is 13.7 Å². The molecule has 0 spiro atoms. The van der Waals surface area contributed by atoms with E-state index >= 15 is 0 Å². The van der Waals surface area contributed by atoms with Gasteiger partial charge in [-0.2, -0.15) is 0 Å². The standard InChI is InChI=1S/C23H24FN5O2/c1-4-18-21-13-7-20(23(26)28-11-13)30-12(2)17-9-15(24)5-6-16(17)22(25)14(10-27-3)8-19(21)31-29-18/h5-7,9-12H,4,8,25H2,1-3H3,(H2,26,28). The summed E-state index contributed by atoms with van der Waals surface area (Å²) in [4.78, 5) is 8.47. The molecule has 1 unspecified atom stereocenters. The third-order valence-corrected chi connectivity index (χ3v) is 5.37. The number of benzene rings is 1. The van der Waals surface area contributed by atoms with Crippen LogP contribution >= 0.6 is 0 Å². The average Bonchev–Trinajstić information content (AvgIpc) is 3.16. The first-order valence-electron chi connectivity index (χ1n) is 10.0. The smallest absolute Gasteiger partial charge is 0.166 e. The van der Waals surface area contributed by atoms with Crippen LogP contribution in [0, 0.1) is 5.82 Å². The minimum Gasteiger partial charge on any atom is -0.482 e. The van der Waals surface area contributed by atoms with Gasteiger partial charge in [-0.1, -0.05) is 12.1 Å². The van der Waals surface area contributed by atoms with Crippen LogP contribution in [0.15, 0.2) is 45.6 Å². The van der Waals surface area contributed by atoms with E-state index in [0.29, 0.717) is 41.2 Å². The molecular weight excluding hydrogens is 397 g/mol. The fraction of sp³-hybridized carbons (Fsp3) is 0.261. The van der Waals surface area contributed by atoms with E-state index in [9.17, 15) is 4.39 Å². The molecule has 0 fully saturated rings. The van der Waals surface area contributed by atoms with Crippen molar-refractivity contribution in [2.45, 2.75) is 32.8 Å². The molecule has 4 N–H and O–H groups in total. The predicted molar refractivity (Wildman–Crippen MR) is 118 cm³/mol. The third kappa shape index (κ3) is 3.76. The summed E-state index contributed by atoms with van der Waals surface area (Å²) in [5.74, 6) is 0.881. The predicted octanol–water partition coefficient (Wildman–Crippen LogP) is 4.09. The largest absolute Gasteiger partial charge is 0.482 e. The number of pyridine rings is 1. The van der Waals surface area contributed by atoms with E-state index in [-0.39, 0.29) is 11.6 Å². The van der Waals surface area contributed by atoms with Crippen molar-refractivity contribution >= 4 is 17.7 Å². The normalized spacial score (nSPS) is 16.3. The van der Waals surface area contributed by atoms with Crippen molar-refractivity contribution in [3.63, 3.8) is 0 Å². The van der Waals surface area contributed by atoms with Gasteiger partial charge in [0.15, 0.2) is 11.6 Å². The lowest BCUT2D eigenvalue weighted by Crippen LogP contribution is -2.13. The lowest BCUT2D eigenvalue weighted by molar-refractivity contribution is 0.227. The number of ether oxygens (including phenoxy) is 1. The number of aromatic nitrogens is 2. The van der Waals surface area contributed by atoms with Gasteiger partial charge >= 0.3 is 0 Å². The minimum atomic E-state index is -0.532. The number of hydrogen-bond acceptors (Lipinski definition) is 7. The summed E-state index contributed by atoms with van der Waals surface area (Å²) in [7, 11) is 1.67. The van der Waals surface area contributed by atoms with Crippen molar-refractivity contribution in [1.82, 2.24) is 10.1 Å². The summed E-state index contributed by atoms with van der Waals surface area (Å²) in [5, 5.41) is 4.24. The number of hydrogen-bond donors (Lipinski definition) is 2. The van der Waals surface area contributed by atoms with Gasteiger partial charge < -0.3 is 20.7 Å².